The van der Waals surface area contributed by atoms with E-state index in [2.05, 4.69) is 45.4 Å². The van der Waals surface area contributed by atoms with Gasteiger partial charge in [-0.1, -0.05) is 65.5 Å². The first-order valence-corrected chi connectivity index (χ1v) is 13.7. The van der Waals surface area contributed by atoms with E-state index in [1.165, 1.54) is 57.8 Å². The molecule has 1 aliphatic heterocycles. The van der Waals surface area contributed by atoms with Crippen molar-refractivity contribution in [2.45, 2.75) is 111 Å². The predicted molar refractivity (Wildman–Crippen MR) is 136 cm³/mol. The Hall–Kier alpha value is 0.660. The number of allylic oxidation sites excluding steroid dienone is 1. The summed E-state index contributed by atoms with van der Waals surface area (Å²) in [6.07, 6.45) is 17.2. The molecule has 5 aliphatic rings. The molecule has 3 heteroatoms. The van der Waals surface area contributed by atoms with Crippen LogP contribution in [0.25, 0.3) is 0 Å². The molecule has 0 unspecified atom stereocenters. The monoisotopic (exact) mass is 453 g/mol. The van der Waals surface area contributed by atoms with Crippen molar-refractivity contribution in [3.05, 3.63) is 11.6 Å². The zero-order chi connectivity index (χ0) is 22.2. The largest absolute Gasteiger partial charge is 0.393 e. The summed E-state index contributed by atoms with van der Waals surface area (Å²) in [6.45, 7) is 14.6. The molecule has 32 heavy (non-hydrogen) atoms. The number of aliphatic hydroxyl groups excluding tert-OH is 1. The van der Waals surface area contributed by atoms with Gasteiger partial charge in [-0.2, -0.15) is 0 Å². The Morgan fingerprint density at radius 2 is 1.72 bits per heavy atom. The smallest absolute Gasteiger partial charge is 0.0701 e. The van der Waals surface area contributed by atoms with E-state index in [1.807, 2.05) is 0 Å². The summed E-state index contributed by atoms with van der Waals surface area (Å²) in [5.41, 5.74) is 2.60. The summed E-state index contributed by atoms with van der Waals surface area (Å²) in [5, 5.41) is 10.2. The molecule has 1 heterocycles. The molecular formula is C29H50NaO2. The third-order valence-corrected chi connectivity index (χ3v) is 10.5. The zero-order valence-corrected chi connectivity index (χ0v) is 24.2. The quantitative estimate of drug-likeness (QED) is 0.275. The van der Waals surface area contributed by atoms with Crippen LogP contribution in [0.3, 0.4) is 0 Å². The molecule has 0 bridgehead atoms. The Labute approximate surface area is 221 Å². The first-order chi connectivity index (χ1) is 14.8. The molecule has 0 aromatic carbocycles. The molecule has 4 fully saturated rings. The van der Waals surface area contributed by atoms with Crippen LogP contribution in [0.15, 0.2) is 11.6 Å². The van der Waals surface area contributed by atoms with Crippen molar-refractivity contribution in [2.24, 2.45) is 46.3 Å². The summed E-state index contributed by atoms with van der Waals surface area (Å²) in [4.78, 5) is 0. The third kappa shape index (κ3) is 5.56. The van der Waals surface area contributed by atoms with Gasteiger partial charge in [0.2, 0.25) is 0 Å². The van der Waals surface area contributed by atoms with Crippen molar-refractivity contribution >= 4 is 29.6 Å². The minimum atomic E-state index is -0.0766. The number of hydrogen-bond donors (Lipinski definition) is 1. The molecule has 1 N–H and O–H groups in total. The van der Waals surface area contributed by atoms with Gasteiger partial charge in [-0.05, 0) is 97.7 Å². The first-order valence-electron chi connectivity index (χ1n) is 13.7. The van der Waals surface area contributed by atoms with Gasteiger partial charge in [0, 0.05) is 29.6 Å². The minimum Gasteiger partial charge on any atom is -0.393 e. The summed E-state index contributed by atoms with van der Waals surface area (Å²) in [6, 6.07) is 0. The van der Waals surface area contributed by atoms with E-state index in [4.69, 9.17) is 0 Å². The maximum Gasteiger partial charge on any atom is 0.0701 e. The fourth-order valence-electron chi connectivity index (χ4n) is 8.67. The van der Waals surface area contributed by atoms with E-state index >= 15 is 0 Å². The topological polar surface area (TPSA) is 32.8 Å². The average Bonchev–Trinajstić information content (AvgIpc) is 3.55. The molecule has 4 aliphatic carbocycles. The van der Waals surface area contributed by atoms with E-state index in [-0.39, 0.29) is 35.7 Å². The van der Waals surface area contributed by atoms with Gasteiger partial charge in [-0.25, -0.2) is 0 Å². The van der Waals surface area contributed by atoms with Gasteiger partial charge in [-0.15, -0.1) is 0 Å². The molecule has 3 saturated carbocycles. The van der Waals surface area contributed by atoms with Crippen molar-refractivity contribution in [3.63, 3.8) is 0 Å². The van der Waals surface area contributed by atoms with Crippen LogP contribution in [-0.4, -0.2) is 54.0 Å². The number of epoxide rings is 1. The van der Waals surface area contributed by atoms with Crippen LogP contribution in [0.4, 0.5) is 0 Å². The molecule has 5 rings (SSSR count). The summed E-state index contributed by atoms with van der Waals surface area (Å²) >= 11 is 0. The van der Waals surface area contributed by atoms with Crippen molar-refractivity contribution in [3.8, 4) is 0 Å². The standard InChI is InChI=1S/C27H46O.C2H4O.Na/c1-18(2)7-6-8-19(3)23-11-12-24-22-10-9-20-17-21(28)13-15-26(20,4)25(22)14-16-27(23,24)5;1-2-3-1;/h9,18-19,21-25,28H,6-8,10-17H2,1-5H3;1-2H2;/t19-,21+,22+,23-,24+,25+,26+,27-;;/m1../s1. The maximum absolute atomic E-state index is 10.2. The zero-order valence-electron chi connectivity index (χ0n) is 22.2. The van der Waals surface area contributed by atoms with E-state index in [0.29, 0.717) is 10.8 Å². The second-order valence-corrected chi connectivity index (χ2v) is 12.8. The Morgan fingerprint density at radius 3 is 2.38 bits per heavy atom. The van der Waals surface area contributed by atoms with Crippen LogP contribution in [-0.2, 0) is 4.74 Å². The fraction of sp³-hybridized carbons (Fsp3) is 0.931. The van der Waals surface area contributed by atoms with Crippen molar-refractivity contribution in [1.29, 1.82) is 0 Å². The average molecular weight is 454 g/mol. The van der Waals surface area contributed by atoms with Gasteiger partial charge in [-0.3, -0.25) is 0 Å². The van der Waals surface area contributed by atoms with Crippen molar-refractivity contribution in [2.75, 3.05) is 13.2 Å². The summed E-state index contributed by atoms with van der Waals surface area (Å²) in [5.74, 6) is 5.46. The van der Waals surface area contributed by atoms with Crippen LogP contribution in [0.1, 0.15) is 105 Å². The van der Waals surface area contributed by atoms with Crippen LogP contribution in [0, 0.1) is 46.3 Å². The first kappa shape index (κ1) is 27.3. The van der Waals surface area contributed by atoms with Gasteiger partial charge in [0.05, 0.1) is 19.3 Å². The predicted octanol–water partition coefficient (Wildman–Crippen LogP) is 7.02. The van der Waals surface area contributed by atoms with Gasteiger partial charge in [0.1, 0.15) is 0 Å². The molecule has 0 aromatic rings. The van der Waals surface area contributed by atoms with Crippen LogP contribution < -0.4 is 0 Å². The number of fused-ring (bicyclic) bond motifs is 5. The van der Waals surface area contributed by atoms with Crippen LogP contribution in [0.2, 0.25) is 0 Å². The van der Waals surface area contributed by atoms with E-state index < -0.39 is 0 Å². The molecule has 1 radical (unpaired) electrons. The Bertz CT molecular complexity index is 640. The number of hydrogen-bond acceptors (Lipinski definition) is 2. The van der Waals surface area contributed by atoms with Gasteiger partial charge in [0.15, 0.2) is 0 Å². The van der Waals surface area contributed by atoms with Gasteiger partial charge >= 0.3 is 0 Å². The maximum atomic E-state index is 10.2. The molecule has 179 valence electrons. The number of rotatable bonds is 5. The van der Waals surface area contributed by atoms with Crippen molar-refractivity contribution in [1.82, 2.24) is 0 Å². The number of aliphatic hydroxyl groups is 1. The van der Waals surface area contributed by atoms with Gasteiger partial charge in [0.25, 0.3) is 0 Å². The molecule has 0 spiro atoms. The van der Waals surface area contributed by atoms with E-state index in [1.54, 1.807) is 5.57 Å². The summed E-state index contributed by atoms with van der Waals surface area (Å²) in [7, 11) is 0. The Kier molecular flexibility index (Phi) is 9.50. The summed E-state index contributed by atoms with van der Waals surface area (Å²) < 4.78 is 4.50. The molecule has 0 amide bonds. The number of ether oxygens (including phenoxy) is 1. The second kappa shape index (κ2) is 11.2. The van der Waals surface area contributed by atoms with Crippen LogP contribution >= 0.6 is 0 Å². The normalized spacial score (nSPS) is 43.0. The van der Waals surface area contributed by atoms with E-state index in [0.717, 1.165) is 61.6 Å². The Morgan fingerprint density at radius 1 is 1.00 bits per heavy atom. The third-order valence-electron chi connectivity index (χ3n) is 10.5. The SMILES string of the molecule is C1CO1.CC(C)CCC[C@@H](C)[C@H]1CC[C@H]2[C@@H]3CC=C4C[C@@H](O)CC[C@]4(C)[C@H]3CC[C@]12C.[Na]. The molecule has 2 nitrogen and oxygen atoms in total. The fourth-order valence-corrected chi connectivity index (χ4v) is 8.67. The van der Waals surface area contributed by atoms with Gasteiger partial charge < -0.3 is 9.84 Å². The molecular weight excluding hydrogens is 403 g/mol. The molecule has 0 aromatic heterocycles. The molecule has 1 saturated heterocycles. The molecule has 8 atom stereocenters. The minimum absolute atomic E-state index is 0. The van der Waals surface area contributed by atoms with Crippen molar-refractivity contribution < 1.29 is 9.84 Å². The Balaban J connectivity index is 0.000000668. The second-order valence-electron chi connectivity index (χ2n) is 12.8. The van der Waals surface area contributed by atoms with E-state index in [9.17, 15) is 5.11 Å². The van der Waals surface area contributed by atoms with Crippen LogP contribution in [0.5, 0.6) is 0 Å².